The number of thioether (sulfide) groups is 1. The van der Waals surface area contributed by atoms with Gasteiger partial charge in [-0.2, -0.15) is 0 Å². The Hall–Kier alpha value is -0.760. The van der Waals surface area contributed by atoms with Crippen LogP contribution in [0.4, 0.5) is 0 Å². The average molecular weight is 222 g/mol. The van der Waals surface area contributed by atoms with Crippen molar-refractivity contribution in [1.82, 2.24) is 0 Å². The maximum atomic E-state index is 11.8. The van der Waals surface area contributed by atoms with Crippen LogP contribution in [0.5, 0.6) is 0 Å². The largest absolute Gasteiger partial charge is 0.294 e. The lowest BCUT2D eigenvalue weighted by molar-refractivity contribution is 0.0927. The second-order valence-corrected chi connectivity index (χ2v) is 4.97. The zero-order valence-corrected chi connectivity index (χ0v) is 10.4. The normalized spacial score (nSPS) is 12.5. The van der Waals surface area contributed by atoms with Crippen molar-refractivity contribution in [1.29, 1.82) is 0 Å². The SMILES string of the molecule is CCSc1ccc(C(=O)C(C)CC)cc1. The zero-order valence-electron chi connectivity index (χ0n) is 9.62. The molecule has 1 nitrogen and oxygen atoms in total. The van der Waals surface area contributed by atoms with Gasteiger partial charge in [0.25, 0.3) is 0 Å². The van der Waals surface area contributed by atoms with Gasteiger partial charge in [-0.3, -0.25) is 4.79 Å². The average Bonchev–Trinajstić information content (AvgIpc) is 2.28. The summed E-state index contributed by atoms with van der Waals surface area (Å²) in [4.78, 5) is 13.1. The molecule has 1 atom stereocenters. The number of rotatable bonds is 5. The number of ketones is 1. The minimum absolute atomic E-state index is 0.134. The van der Waals surface area contributed by atoms with Gasteiger partial charge < -0.3 is 0 Å². The summed E-state index contributed by atoms with van der Waals surface area (Å²) in [6.07, 6.45) is 0.907. The summed E-state index contributed by atoms with van der Waals surface area (Å²) in [5.41, 5.74) is 0.838. The summed E-state index contributed by atoms with van der Waals surface area (Å²) in [7, 11) is 0. The summed E-state index contributed by atoms with van der Waals surface area (Å²) >= 11 is 1.80. The molecule has 1 aromatic carbocycles. The molecule has 0 amide bonds. The molecule has 0 saturated heterocycles. The van der Waals surface area contributed by atoms with Crippen LogP contribution in [0.15, 0.2) is 29.2 Å². The number of hydrogen-bond acceptors (Lipinski definition) is 2. The second kappa shape index (κ2) is 5.96. The molecule has 0 spiro atoms. The van der Waals surface area contributed by atoms with Crippen LogP contribution in [0.25, 0.3) is 0 Å². The summed E-state index contributed by atoms with van der Waals surface area (Å²) in [5, 5.41) is 0. The Kier molecular flexibility index (Phi) is 4.89. The van der Waals surface area contributed by atoms with Crippen LogP contribution in [0.2, 0.25) is 0 Å². The quantitative estimate of drug-likeness (QED) is 0.552. The molecule has 82 valence electrons. The number of carbonyl (C=O) groups is 1. The van der Waals surface area contributed by atoms with E-state index in [1.54, 1.807) is 11.8 Å². The van der Waals surface area contributed by atoms with Crippen molar-refractivity contribution in [2.75, 3.05) is 5.75 Å². The maximum absolute atomic E-state index is 11.8. The molecule has 15 heavy (non-hydrogen) atoms. The zero-order chi connectivity index (χ0) is 11.3. The Morgan fingerprint density at radius 1 is 1.27 bits per heavy atom. The van der Waals surface area contributed by atoms with E-state index in [1.807, 2.05) is 38.1 Å². The Morgan fingerprint density at radius 3 is 2.33 bits per heavy atom. The molecule has 1 aromatic rings. The van der Waals surface area contributed by atoms with Gasteiger partial charge >= 0.3 is 0 Å². The first-order valence-electron chi connectivity index (χ1n) is 5.46. The summed E-state index contributed by atoms with van der Waals surface area (Å²) in [6.45, 7) is 6.16. The van der Waals surface area contributed by atoms with Crippen LogP contribution < -0.4 is 0 Å². The van der Waals surface area contributed by atoms with E-state index in [0.29, 0.717) is 0 Å². The van der Waals surface area contributed by atoms with Gasteiger partial charge in [-0.15, -0.1) is 11.8 Å². The molecule has 0 heterocycles. The van der Waals surface area contributed by atoms with Gasteiger partial charge in [0.05, 0.1) is 0 Å². The van der Waals surface area contributed by atoms with Gasteiger partial charge in [0.2, 0.25) is 0 Å². The summed E-state index contributed by atoms with van der Waals surface area (Å²) < 4.78 is 0. The lowest BCUT2D eigenvalue weighted by Crippen LogP contribution is -2.09. The topological polar surface area (TPSA) is 17.1 Å². The maximum Gasteiger partial charge on any atom is 0.165 e. The first-order chi connectivity index (χ1) is 7.19. The lowest BCUT2D eigenvalue weighted by Gasteiger charge is -2.07. The van der Waals surface area contributed by atoms with Gasteiger partial charge in [-0.05, 0) is 24.3 Å². The Morgan fingerprint density at radius 2 is 1.87 bits per heavy atom. The van der Waals surface area contributed by atoms with E-state index in [0.717, 1.165) is 17.7 Å². The van der Waals surface area contributed by atoms with Gasteiger partial charge in [-0.25, -0.2) is 0 Å². The predicted molar refractivity (Wildman–Crippen MR) is 66.6 cm³/mol. The van der Waals surface area contributed by atoms with Crippen molar-refractivity contribution in [3.8, 4) is 0 Å². The number of benzene rings is 1. The Labute approximate surface area is 96.3 Å². The first kappa shape index (κ1) is 12.3. The third kappa shape index (κ3) is 3.38. The monoisotopic (exact) mass is 222 g/mol. The van der Waals surface area contributed by atoms with Crippen molar-refractivity contribution in [2.24, 2.45) is 5.92 Å². The lowest BCUT2D eigenvalue weighted by atomic mass is 9.97. The molecule has 0 aliphatic rings. The molecule has 1 rings (SSSR count). The minimum atomic E-state index is 0.134. The molecule has 0 fully saturated rings. The third-order valence-electron chi connectivity index (χ3n) is 2.51. The smallest absolute Gasteiger partial charge is 0.165 e. The predicted octanol–water partition coefficient (Wildman–Crippen LogP) is 4.03. The van der Waals surface area contributed by atoms with Crippen LogP contribution in [-0.4, -0.2) is 11.5 Å². The van der Waals surface area contributed by atoms with Gasteiger partial charge in [0.15, 0.2) is 5.78 Å². The molecule has 0 radical (unpaired) electrons. The van der Waals surface area contributed by atoms with Gasteiger partial charge in [0.1, 0.15) is 0 Å². The number of carbonyl (C=O) groups excluding carboxylic acids is 1. The van der Waals surface area contributed by atoms with Crippen molar-refractivity contribution in [3.05, 3.63) is 29.8 Å². The fraction of sp³-hybridized carbons (Fsp3) is 0.462. The van der Waals surface area contributed by atoms with E-state index in [4.69, 9.17) is 0 Å². The van der Waals surface area contributed by atoms with Gasteiger partial charge in [-0.1, -0.05) is 32.9 Å². The van der Waals surface area contributed by atoms with Crippen molar-refractivity contribution in [3.63, 3.8) is 0 Å². The van der Waals surface area contributed by atoms with E-state index >= 15 is 0 Å². The molecule has 0 bridgehead atoms. The molecule has 0 saturated carbocycles. The molecule has 0 aliphatic carbocycles. The molecular weight excluding hydrogens is 204 g/mol. The fourth-order valence-corrected chi connectivity index (χ4v) is 2.01. The van der Waals surface area contributed by atoms with Crippen molar-refractivity contribution >= 4 is 17.5 Å². The minimum Gasteiger partial charge on any atom is -0.294 e. The van der Waals surface area contributed by atoms with Gasteiger partial charge in [0, 0.05) is 16.4 Å². The van der Waals surface area contributed by atoms with Crippen molar-refractivity contribution in [2.45, 2.75) is 32.1 Å². The molecule has 0 aromatic heterocycles. The van der Waals surface area contributed by atoms with E-state index < -0.39 is 0 Å². The van der Waals surface area contributed by atoms with Crippen LogP contribution in [0.3, 0.4) is 0 Å². The van der Waals surface area contributed by atoms with Crippen molar-refractivity contribution < 1.29 is 4.79 Å². The molecule has 0 N–H and O–H groups in total. The third-order valence-corrected chi connectivity index (χ3v) is 3.40. The standard InChI is InChI=1S/C13H18OS/c1-4-10(3)13(14)11-6-8-12(9-7-11)15-5-2/h6-10H,4-5H2,1-3H3. The number of Topliss-reactive ketones (excluding diaryl/α,β-unsaturated/α-hetero) is 1. The van der Waals surface area contributed by atoms with E-state index in [2.05, 4.69) is 6.92 Å². The summed E-state index contributed by atoms with van der Waals surface area (Å²) in [6, 6.07) is 7.94. The highest BCUT2D eigenvalue weighted by Gasteiger charge is 2.12. The van der Waals surface area contributed by atoms with Crippen LogP contribution in [0.1, 0.15) is 37.6 Å². The highest BCUT2D eigenvalue weighted by atomic mass is 32.2. The van der Waals surface area contributed by atoms with Crippen LogP contribution in [0, 0.1) is 5.92 Å². The Bertz CT molecular complexity index is 316. The van der Waals surface area contributed by atoms with Crippen LogP contribution >= 0.6 is 11.8 Å². The molecule has 2 heteroatoms. The van der Waals surface area contributed by atoms with E-state index in [1.165, 1.54) is 4.90 Å². The molecular formula is C13H18OS. The number of hydrogen-bond donors (Lipinski definition) is 0. The van der Waals surface area contributed by atoms with Crippen LogP contribution in [-0.2, 0) is 0 Å². The second-order valence-electron chi connectivity index (χ2n) is 3.63. The highest BCUT2D eigenvalue weighted by Crippen LogP contribution is 2.19. The summed E-state index contributed by atoms with van der Waals surface area (Å²) in [5.74, 6) is 1.46. The first-order valence-corrected chi connectivity index (χ1v) is 6.44. The van der Waals surface area contributed by atoms with E-state index in [9.17, 15) is 4.79 Å². The molecule has 1 unspecified atom stereocenters. The Balaban J connectivity index is 2.75. The highest BCUT2D eigenvalue weighted by molar-refractivity contribution is 7.99. The fourth-order valence-electron chi connectivity index (χ4n) is 1.35. The molecule has 0 aliphatic heterocycles. The van der Waals surface area contributed by atoms with E-state index in [-0.39, 0.29) is 11.7 Å².